The molecule has 0 aliphatic heterocycles. The van der Waals surface area contributed by atoms with Crippen LogP contribution in [0.2, 0.25) is 5.02 Å². The molecule has 100 valence electrons. The van der Waals surface area contributed by atoms with Crippen molar-refractivity contribution in [3.8, 4) is 0 Å². The van der Waals surface area contributed by atoms with Gasteiger partial charge in [0, 0.05) is 15.4 Å². The number of furan rings is 1. The first-order chi connectivity index (χ1) is 9.56. The molecule has 1 aromatic heterocycles. The minimum absolute atomic E-state index is 0.167. The van der Waals surface area contributed by atoms with Gasteiger partial charge in [0.25, 0.3) is 0 Å². The Labute approximate surface area is 127 Å². The van der Waals surface area contributed by atoms with Crippen LogP contribution in [-0.2, 0) is 0 Å². The number of fused-ring (bicyclic) bond motifs is 1. The third-order valence-electron chi connectivity index (χ3n) is 2.90. The van der Waals surface area contributed by atoms with Gasteiger partial charge in [0.2, 0.25) is 5.78 Å². The highest BCUT2D eigenvalue weighted by atomic mass is 79.9. The van der Waals surface area contributed by atoms with Gasteiger partial charge in [0.1, 0.15) is 5.82 Å². The maximum atomic E-state index is 13.1. The van der Waals surface area contributed by atoms with E-state index < -0.39 is 5.82 Å². The second-order valence-corrected chi connectivity index (χ2v) is 5.48. The Kier molecular flexibility index (Phi) is 3.36. The van der Waals surface area contributed by atoms with Crippen molar-refractivity contribution < 1.29 is 13.6 Å². The minimum Gasteiger partial charge on any atom is -0.451 e. The van der Waals surface area contributed by atoms with Gasteiger partial charge in [-0.05, 0) is 46.3 Å². The van der Waals surface area contributed by atoms with Crippen LogP contribution in [0.1, 0.15) is 16.1 Å². The average molecular weight is 354 g/mol. The van der Waals surface area contributed by atoms with Gasteiger partial charge in [-0.25, -0.2) is 4.39 Å². The molecule has 5 heteroatoms. The van der Waals surface area contributed by atoms with Crippen molar-refractivity contribution >= 4 is 44.3 Å². The van der Waals surface area contributed by atoms with Crippen LogP contribution in [0.15, 0.2) is 51.4 Å². The Hall–Kier alpha value is -1.65. The summed E-state index contributed by atoms with van der Waals surface area (Å²) in [4.78, 5) is 12.4. The van der Waals surface area contributed by atoms with E-state index in [1.54, 1.807) is 24.3 Å². The molecule has 0 amide bonds. The molecule has 0 fully saturated rings. The molecule has 0 unspecified atom stereocenters. The van der Waals surface area contributed by atoms with Gasteiger partial charge in [0.15, 0.2) is 11.3 Å². The van der Waals surface area contributed by atoms with Crippen LogP contribution in [0.3, 0.4) is 0 Å². The molecule has 0 saturated heterocycles. The molecule has 0 aliphatic rings. The lowest BCUT2D eigenvalue weighted by molar-refractivity contribution is 0.101. The summed E-state index contributed by atoms with van der Waals surface area (Å²) in [5, 5.41) is 1.19. The molecule has 3 aromatic rings. The van der Waals surface area contributed by atoms with E-state index in [0.717, 1.165) is 5.39 Å². The van der Waals surface area contributed by atoms with Crippen molar-refractivity contribution in [2.75, 3.05) is 0 Å². The van der Waals surface area contributed by atoms with Gasteiger partial charge in [-0.2, -0.15) is 0 Å². The normalized spacial score (nSPS) is 10.9. The highest BCUT2D eigenvalue weighted by Crippen LogP contribution is 2.29. The summed E-state index contributed by atoms with van der Waals surface area (Å²) in [7, 11) is 0. The Bertz CT molecular complexity index is 826. The number of ketones is 1. The second-order valence-electron chi connectivity index (χ2n) is 4.22. The predicted molar refractivity (Wildman–Crippen MR) is 78.8 cm³/mol. The molecular weight excluding hydrogens is 347 g/mol. The van der Waals surface area contributed by atoms with Crippen molar-refractivity contribution in [2.24, 2.45) is 0 Å². The highest BCUT2D eigenvalue weighted by Gasteiger charge is 2.18. The number of hydrogen-bond donors (Lipinski definition) is 0. The van der Waals surface area contributed by atoms with Crippen molar-refractivity contribution in [3.63, 3.8) is 0 Å². The quantitative estimate of drug-likeness (QED) is 0.591. The first-order valence-corrected chi connectivity index (χ1v) is 6.91. The topological polar surface area (TPSA) is 30.2 Å². The Balaban J connectivity index is 2.10. The lowest BCUT2D eigenvalue weighted by Gasteiger charge is -2.01. The fourth-order valence-corrected chi connectivity index (χ4v) is 2.70. The monoisotopic (exact) mass is 352 g/mol. The zero-order chi connectivity index (χ0) is 14.3. The molecule has 2 aromatic carbocycles. The Morgan fingerprint density at radius 1 is 1.20 bits per heavy atom. The van der Waals surface area contributed by atoms with Crippen LogP contribution in [0, 0.1) is 5.82 Å². The van der Waals surface area contributed by atoms with Gasteiger partial charge in [0.05, 0.1) is 5.02 Å². The maximum absolute atomic E-state index is 13.1. The van der Waals surface area contributed by atoms with Crippen LogP contribution in [0.25, 0.3) is 11.0 Å². The van der Waals surface area contributed by atoms with E-state index in [1.165, 1.54) is 18.2 Å². The Morgan fingerprint density at radius 3 is 2.70 bits per heavy atom. The van der Waals surface area contributed by atoms with E-state index in [4.69, 9.17) is 16.0 Å². The molecule has 0 saturated carbocycles. The summed E-state index contributed by atoms with van der Waals surface area (Å²) in [5.41, 5.74) is 0.803. The van der Waals surface area contributed by atoms with E-state index in [1.807, 2.05) is 0 Å². The first-order valence-electron chi connectivity index (χ1n) is 5.74. The second kappa shape index (κ2) is 5.04. The summed E-state index contributed by atoms with van der Waals surface area (Å²) >= 11 is 9.18. The smallest absolute Gasteiger partial charge is 0.229 e. The summed E-state index contributed by atoms with van der Waals surface area (Å²) in [6, 6.07) is 10.8. The average Bonchev–Trinajstić information content (AvgIpc) is 2.83. The third kappa shape index (κ3) is 2.25. The van der Waals surface area contributed by atoms with Crippen LogP contribution in [0.4, 0.5) is 4.39 Å². The number of para-hydroxylation sites is 1. The molecule has 0 radical (unpaired) electrons. The first kappa shape index (κ1) is 13.3. The molecule has 0 aliphatic carbocycles. The third-order valence-corrected chi connectivity index (χ3v) is 3.85. The molecule has 1 heterocycles. The van der Waals surface area contributed by atoms with Gasteiger partial charge in [-0.3, -0.25) is 4.79 Å². The zero-order valence-corrected chi connectivity index (χ0v) is 12.3. The number of benzene rings is 2. The molecule has 0 atom stereocenters. The summed E-state index contributed by atoms with van der Waals surface area (Å²) in [6.07, 6.45) is 0. The predicted octanol–water partition coefficient (Wildman–Crippen LogP) is 5.22. The van der Waals surface area contributed by atoms with Crippen molar-refractivity contribution in [1.29, 1.82) is 0 Å². The van der Waals surface area contributed by atoms with Crippen LogP contribution < -0.4 is 0 Å². The minimum atomic E-state index is -0.416. The van der Waals surface area contributed by atoms with E-state index in [0.29, 0.717) is 20.6 Å². The van der Waals surface area contributed by atoms with E-state index in [-0.39, 0.29) is 11.5 Å². The number of carbonyl (C=O) groups excluding carboxylic acids is 1. The van der Waals surface area contributed by atoms with E-state index in [2.05, 4.69) is 15.9 Å². The molecule has 0 spiro atoms. The van der Waals surface area contributed by atoms with Crippen LogP contribution in [0.5, 0.6) is 0 Å². The van der Waals surface area contributed by atoms with Crippen LogP contribution in [-0.4, -0.2) is 5.78 Å². The van der Waals surface area contributed by atoms with Crippen LogP contribution >= 0.6 is 27.5 Å². The number of carbonyl (C=O) groups is 1. The van der Waals surface area contributed by atoms with Crippen molar-refractivity contribution in [3.05, 3.63) is 69.1 Å². The molecule has 20 heavy (non-hydrogen) atoms. The lowest BCUT2D eigenvalue weighted by atomic mass is 10.1. The van der Waals surface area contributed by atoms with Crippen molar-refractivity contribution in [2.45, 2.75) is 0 Å². The van der Waals surface area contributed by atoms with Gasteiger partial charge in [-0.15, -0.1) is 0 Å². The van der Waals surface area contributed by atoms with E-state index in [9.17, 15) is 9.18 Å². The molecule has 2 nitrogen and oxygen atoms in total. The maximum Gasteiger partial charge on any atom is 0.229 e. The fourth-order valence-electron chi connectivity index (χ4n) is 1.95. The largest absolute Gasteiger partial charge is 0.451 e. The highest BCUT2D eigenvalue weighted by molar-refractivity contribution is 9.10. The molecule has 3 rings (SSSR count). The molecule has 0 N–H and O–H groups in total. The number of rotatable bonds is 2. The fraction of sp³-hybridized carbons (Fsp3) is 0. The van der Waals surface area contributed by atoms with Gasteiger partial charge >= 0.3 is 0 Å². The summed E-state index contributed by atoms with van der Waals surface area (Å²) < 4.78 is 18.9. The summed E-state index contributed by atoms with van der Waals surface area (Å²) in [6.45, 7) is 0. The van der Waals surface area contributed by atoms with Gasteiger partial charge in [-0.1, -0.05) is 23.7 Å². The van der Waals surface area contributed by atoms with E-state index >= 15 is 0 Å². The zero-order valence-electron chi connectivity index (χ0n) is 9.99. The number of hydrogen-bond acceptors (Lipinski definition) is 2. The Morgan fingerprint density at radius 2 is 2.00 bits per heavy atom. The standard InChI is InChI=1S/C15H7BrClFO2/c16-11-7-9(18)4-5-10(11)14(19)13-6-8-2-1-3-12(17)15(8)20-13/h1-7H. The molecular formula is C15H7BrClFO2. The van der Waals surface area contributed by atoms with Crippen molar-refractivity contribution in [1.82, 2.24) is 0 Å². The molecule has 0 bridgehead atoms. The van der Waals surface area contributed by atoms with Gasteiger partial charge < -0.3 is 4.42 Å². The lowest BCUT2D eigenvalue weighted by Crippen LogP contribution is -2.00. The SMILES string of the molecule is O=C(c1cc2cccc(Cl)c2o1)c1ccc(F)cc1Br. The summed E-state index contributed by atoms with van der Waals surface area (Å²) in [5.74, 6) is -0.578. The number of halogens is 3.